The van der Waals surface area contributed by atoms with E-state index in [0.29, 0.717) is 0 Å². The lowest BCUT2D eigenvalue weighted by atomic mass is 10.1. The second kappa shape index (κ2) is 5.93. The van der Waals surface area contributed by atoms with Crippen molar-refractivity contribution in [1.82, 2.24) is 9.97 Å². The van der Waals surface area contributed by atoms with Gasteiger partial charge in [0, 0.05) is 23.2 Å². The van der Waals surface area contributed by atoms with E-state index in [0.717, 1.165) is 45.3 Å². The fraction of sp³-hybridized carbons (Fsp3) is 0.143. The number of ether oxygens (including phenoxy) is 1. The van der Waals surface area contributed by atoms with Crippen molar-refractivity contribution in [1.29, 1.82) is 0 Å². The van der Waals surface area contributed by atoms with Crippen molar-refractivity contribution in [3.63, 3.8) is 0 Å². The first kappa shape index (κ1) is 14.6. The van der Waals surface area contributed by atoms with Gasteiger partial charge in [0.25, 0.3) is 0 Å². The summed E-state index contributed by atoms with van der Waals surface area (Å²) in [6.07, 6.45) is 4.79. The number of hydrogen-bond donors (Lipinski definition) is 0. The van der Waals surface area contributed by atoms with Crippen molar-refractivity contribution in [2.75, 3.05) is 0 Å². The van der Waals surface area contributed by atoms with Crippen LogP contribution in [-0.2, 0) is 6.42 Å². The molecule has 2 heterocycles. The minimum atomic E-state index is 0.814. The summed E-state index contributed by atoms with van der Waals surface area (Å²) in [5.74, 6) is 1.63. The molecule has 0 bridgehead atoms. The van der Waals surface area contributed by atoms with E-state index >= 15 is 0 Å². The predicted molar refractivity (Wildman–Crippen MR) is 97.7 cm³/mol. The molecule has 0 saturated heterocycles. The van der Waals surface area contributed by atoms with E-state index < -0.39 is 0 Å². The highest BCUT2D eigenvalue weighted by molar-refractivity contribution is 5.82. The Bertz CT molecular complexity index is 1040. The summed E-state index contributed by atoms with van der Waals surface area (Å²) >= 11 is 0. The molecule has 2 aromatic carbocycles. The summed E-state index contributed by atoms with van der Waals surface area (Å²) in [5.41, 5.74) is 4.33. The Morgan fingerprint density at radius 2 is 1.42 bits per heavy atom. The molecular formula is C21H18N2O. The first-order chi connectivity index (χ1) is 11.7. The van der Waals surface area contributed by atoms with Crippen LogP contribution < -0.4 is 4.74 Å². The number of benzene rings is 2. The number of pyridine rings is 2. The molecule has 0 spiro atoms. The van der Waals surface area contributed by atoms with Gasteiger partial charge in [-0.1, -0.05) is 6.92 Å². The van der Waals surface area contributed by atoms with Crippen LogP contribution in [0.5, 0.6) is 11.5 Å². The molecule has 0 aliphatic heterocycles. The van der Waals surface area contributed by atoms with E-state index in [4.69, 9.17) is 4.74 Å². The Morgan fingerprint density at radius 3 is 2.08 bits per heavy atom. The summed E-state index contributed by atoms with van der Waals surface area (Å²) in [4.78, 5) is 8.91. The van der Waals surface area contributed by atoms with Crippen LogP contribution in [0.2, 0.25) is 0 Å². The average molecular weight is 314 g/mol. The van der Waals surface area contributed by atoms with Crippen molar-refractivity contribution in [2.24, 2.45) is 0 Å². The van der Waals surface area contributed by atoms with Gasteiger partial charge in [0.1, 0.15) is 11.5 Å². The quantitative estimate of drug-likeness (QED) is 0.504. The van der Waals surface area contributed by atoms with Crippen molar-refractivity contribution < 1.29 is 4.74 Å². The maximum atomic E-state index is 6.05. The maximum Gasteiger partial charge on any atom is 0.128 e. The normalized spacial score (nSPS) is 11.1. The van der Waals surface area contributed by atoms with Crippen LogP contribution in [0.25, 0.3) is 21.8 Å². The molecule has 0 atom stereocenters. The molecule has 118 valence electrons. The third-order valence-electron chi connectivity index (χ3n) is 4.14. The van der Waals surface area contributed by atoms with Crippen molar-refractivity contribution in [2.45, 2.75) is 20.3 Å². The third kappa shape index (κ3) is 2.81. The van der Waals surface area contributed by atoms with Crippen LogP contribution in [0, 0.1) is 6.92 Å². The van der Waals surface area contributed by atoms with Crippen LogP contribution in [-0.4, -0.2) is 9.97 Å². The largest absolute Gasteiger partial charge is 0.457 e. The minimum absolute atomic E-state index is 0.814. The Labute approximate surface area is 140 Å². The van der Waals surface area contributed by atoms with E-state index in [2.05, 4.69) is 29.0 Å². The number of aryl methyl sites for hydroxylation is 2. The van der Waals surface area contributed by atoms with E-state index in [9.17, 15) is 0 Å². The highest BCUT2D eigenvalue weighted by atomic mass is 16.5. The Hall–Kier alpha value is -2.94. The molecule has 0 unspecified atom stereocenters. The Kier molecular flexibility index (Phi) is 3.62. The monoisotopic (exact) mass is 314 g/mol. The first-order valence-corrected chi connectivity index (χ1v) is 8.14. The molecule has 0 N–H and O–H groups in total. The van der Waals surface area contributed by atoms with Gasteiger partial charge in [-0.15, -0.1) is 0 Å². The molecule has 24 heavy (non-hydrogen) atoms. The fourth-order valence-corrected chi connectivity index (χ4v) is 2.83. The summed E-state index contributed by atoms with van der Waals surface area (Å²) < 4.78 is 6.05. The lowest BCUT2D eigenvalue weighted by Crippen LogP contribution is -1.88. The number of aromatic nitrogens is 2. The van der Waals surface area contributed by atoms with Crippen molar-refractivity contribution >= 4 is 21.8 Å². The summed E-state index contributed by atoms with van der Waals surface area (Å²) in [6.45, 7) is 4.18. The molecule has 4 aromatic rings. The second-order valence-electron chi connectivity index (χ2n) is 6.02. The predicted octanol–water partition coefficient (Wildman–Crippen LogP) is 5.45. The Morgan fingerprint density at radius 1 is 0.792 bits per heavy atom. The zero-order chi connectivity index (χ0) is 16.5. The SMILES string of the molecule is CCc1cnc2ccc(Oc3ccc4ncc(C)cc4c3)cc2c1. The van der Waals surface area contributed by atoms with Crippen LogP contribution >= 0.6 is 0 Å². The van der Waals surface area contributed by atoms with Gasteiger partial charge in [-0.25, -0.2) is 0 Å². The van der Waals surface area contributed by atoms with Gasteiger partial charge in [0.2, 0.25) is 0 Å². The molecule has 4 rings (SSSR count). The van der Waals surface area contributed by atoms with E-state index in [1.807, 2.05) is 55.7 Å². The summed E-state index contributed by atoms with van der Waals surface area (Å²) in [6, 6.07) is 16.3. The highest BCUT2D eigenvalue weighted by Crippen LogP contribution is 2.27. The van der Waals surface area contributed by atoms with Crippen LogP contribution in [0.1, 0.15) is 18.1 Å². The van der Waals surface area contributed by atoms with E-state index in [1.54, 1.807) is 0 Å². The molecule has 3 nitrogen and oxygen atoms in total. The molecular weight excluding hydrogens is 296 g/mol. The number of rotatable bonds is 3. The fourth-order valence-electron chi connectivity index (χ4n) is 2.83. The lowest BCUT2D eigenvalue weighted by Gasteiger charge is -2.08. The van der Waals surface area contributed by atoms with Crippen molar-refractivity contribution in [3.05, 3.63) is 72.1 Å². The molecule has 0 saturated carbocycles. The molecule has 3 heteroatoms. The zero-order valence-corrected chi connectivity index (χ0v) is 13.8. The van der Waals surface area contributed by atoms with Gasteiger partial charge < -0.3 is 4.74 Å². The van der Waals surface area contributed by atoms with Gasteiger partial charge in [0.05, 0.1) is 11.0 Å². The summed E-state index contributed by atoms with van der Waals surface area (Å²) in [7, 11) is 0. The highest BCUT2D eigenvalue weighted by Gasteiger charge is 2.03. The molecule has 2 aromatic heterocycles. The van der Waals surface area contributed by atoms with E-state index in [-0.39, 0.29) is 0 Å². The van der Waals surface area contributed by atoms with Gasteiger partial charge in [-0.05, 0) is 73.0 Å². The lowest BCUT2D eigenvalue weighted by molar-refractivity contribution is 0.484. The maximum absolute atomic E-state index is 6.05. The van der Waals surface area contributed by atoms with Crippen molar-refractivity contribution in [3.8, 4) is 11.5 Å². The molecule has 0 aliphatic rings. The molecule has 0 amide bonds. The van der Waals surface area contributed by atoms with Gasteiger partial charge >= 0.3 is 0 Å². The minimum Gasteiger partial charge on any atom is -0.457 e. The third-order valence-corrected chi connectivity index (χ3v) is 4.14. The first-order valence-electron chi connectivity index (χ1n) is 8.14. The van der Waals surface area contributed by atoms with Gasteiger partial charge in [0.15, 0.2) is 0 Å². The van der Waals surface area contributed by atoms with Crippen LogP contribution in [0.4, 0.5) is 0 Å². The zero-order valence-electron chi connectivity index (χ0n) is 13.8. The van der Waals surface area contributed by atoms with Crippen LogP contribution in [0.15, 0.2) is 60.9 Å². The standard InChI is InChI=1S/C21H18N2O/c1-3-15-9-17-11-19(5-7-21(17)23-13-15)24-18-4-6-20-16(10-18)8-14(2)12-22-20/h4-13H,3H2,1-2H3. The number of nitrogens with zero attached hydrogens (tertiary/aromatic N) is 2. The van der Waals surface area contributed by atoms with Crippen LogP contribution in [0.3, 0.4) is 0 Å². The van der Waals surface area contributed by atoms with Gasteiger partial charge in [-0.3, -0.25) is 9.97 Å². The number of hydrogen-bond acceptors (Lipinski definition) is 3. The van der Waals surface area contributed by atoms with E-state index in [1.165, 1.54) is 5.56 Å². The smallest absolute Gasteiger partial charge is 0.128 e. The molecule has 0 fully saturated rings. The summed E-state index contributed by atoms with van der Waals surface area (Å²) in [5, 5.41) is 2.19. The van der Waals surface area contributed by atoms with Gasteiger partial charge in [-0.2, -0.15) is 0 Å². The topological polar surface area (TPSA) is 35.0 Å². The Balaban J connectivity index is 1.70. The molecule has 0 aliphatic carbocycles. The average Bonchev–Trinajstić information content (AvgIpc) is 2.60. The molecule has 0 radical (unpaired) electrons. The number of fused-ring (bicyclic) bond motifs is 2. The second-order valence-corrected chi connectivity index (χ2v) is 6.02.